The van der Waals surface area contributed by atoms with Gasteiger partial charge in [0.25, 0.3) is 0 Å². The topological polar surface area (TPSA) is 73.3 Å². The Morgan fingerprint density at radius 2 is 1.57 bits per heavy atom. The molecule has 0 unspecified atom stereocenters. The van der Waals surface area contributed by atoms with Crippen molar-refractivity contribution in [3.63, 3.8) is 0 Å². The van der Waals surface area contributed by atoms with Gasteiger partial charge < -0.3 is 5.32 Å². The van der Waals surface area contributed by atoms with E-state index < -0.39 is 61.5 Å². The van der Waals surface area contributed by atoms with Gasteiger partial charge in [0.05, 0.1) is 11.1 Å². The van der Waals surface area contributed by atoms with Crippen molar-refractivity contribution in [1.82, 2.24) is 9.62 Å². The van der Waals surface area contributed by atoms with Crippen molar-refractivity contribution in [3.8, 4) is 0 Å². The Kier molecular flexibility index (Phi) is 5.04. The Hall–Kier alpha value is -2.76. The van der Waals surface area contributed by atoms with Gasteiger partial charge in [-0.2, -0.15) is 13.2 Å². The molecule has 0 aromatic heterocycles. The van der Waals surface area contributed by atoms with Gasteiger partial charge in [-0.15, -0.1) is 0 Å². The summed E-state index contributed by atoms with van der Waals surface area (Å²) in [6.07, 6.45) is -4.67. The second-order valence-corrected chi connectivity index (χ2v) is 8.98. The van der Waals surface area contributed by atoms with Gasteiger partial charge in [-0.1, -0.05) is 12.1 Å². The van der Waals surface area contributed by atoms with Crippen LogP contribution in [0.5, 0.6) is 0 Å². The molecule has 30 heavy (non-hydrogen) atoms. The first kappa shape index (κ1) is 21.9. The normalized spacial score (nSPS) is 23.9. The predicted octanol–water partition coefficient (Wildman–Crippen LogP) is 3.88. The maximum atomic E-state index is 14.6. The zero-order valence-corrected chi connectivity index (χ0v) is 16.3. The van der Waals surface area contributed by atoms with Crippen LogP contribution in [0.25, 0.3) is 0 Å². The van der Waals surface area contributed by atoms with Gasteiger partial charge in [0, 0.05) is 18.7 Å². The molecule has 0 saturated carbocycles. The highest BCUT2D eigenvalue weighted by molar-refractivity contribution is 7.90. The zero-order chi connectivity index (χ0) is 22.6. The molecule has 2 N–H and O–H groups in total. The first-order chi connectivity index (χ1) is 13.7. The van der Waals surface area contributed by atoms with E-state index in [1.54, 1.807) is 0 Å². The molecule has 162 valence electrons. The van der Waals surface area contributed by atoms with Crippen molar-refractivity contribution in [2.75, 3.05) is 7.05 Å². The highest BCUT2D eigenvalue weighted by Crippen LogP contribution is 2.46. The number of nitrogens with zero attached hydrogens (tertiary/aromatic N) is 1. The molecule has 1 aliphatic rings. The molecule has 0 aliphatic carbocycles. The van der Waals surface area contributed by atoms with Gasteiger partial charge in [0.15, 0.2) is 11.6 Å². The third kappa shape index (κ3) is 3.38. The maximum absolute atomic E-state index is 14.6. The number of alkyl halides is 3. The first-order valence-electron chi connectivity index (χ1n) is 8.36. The lowest BCUT2D eigenvalue weighted by Crippen LogP contribution is -2.62. The second-order valence-electron chi connectivity index (χ2n) is 6.93. The fraction of sp³-hybridized carbons (Fsp3) is 0.278. The van der Waals surface area contributed by atoms with Crippen molar-refractivity contribution in [2.24, 2.45) is 0 Å². The van der Waals surface area contributed by atoms with Crippen LogP contribution in [0, 0.1) is 22.9 Å². The molecule has 5 nitrogen and oxygen atoms in total. The third-order valence-electron chi connectivity index (χ3n) is 5.01. The summed E-state index contributed by atoms with van der Waals surface area (Å²) in [4.78, 5) is 0. The summed E-state index contributed by atoms with van der Waals surface area (Å²) in [5, 5.41) is 8.60. The zero-order valence-electron chi connectivity index (χ0n) is 15.5. The van der Waals surface area contributed by atoms with Gasteiger partial charge in [0.1, 0.15) is 11.1 Å². The Morgan fingerprint density at radius 1 is 1.03 bits per heavy atom. The fourth-order valence-electron chi connectivity index (χ4n) is 3.45. The standard InChI is InChI=1S/C18H15F6N3O2S/c1-17(11-7-13(20)14(21)8-12(11)19)15(30(28,29)27(2)16(25)26-17)9-3-5-10(6-4-9)18(22,23)24/h3-8,15H,1-2H3,(H2,25,26)/t15-,17-/m1/s1. The number of halogens is 6. The van der Waals surface area contributed by atoms with Crippen molar-refractivity contribution in [2.45, 2.75) is 23.9 Å². The van der Waals surface area contributed by atoms with E-state index in [-0.39, 0.29) is 11.6 Å². The van der Waals surface area contributed by atoms with Crippen molar-refractivity contribution < 1.29 is 34.8 Å². The van der Waals surface area contributed by atoms with E-state index in [1.165, 1.54) is 0 Å². The molecule has 3 rings (SSSR count). The fourth-order valence-corrected chi connectivity index (χ4v) is 5.35. The molecule has 1 saturated heterocycles. The lowest BCUT2D eigenvalue weighted by atomic mass is 9.84. The average molecular weight is 451 g/mol. The van der Waals surface area contributed by atoms with E-state index in [2.05, 4.69) is 5.32 Å². The van der Waals surface area contributed by atoms with Crippen LogP contribution in [0.4, 0.5) is 26.3 Å². The molecular weight excluding hydrogens is 436 g/mol. The summed E-state index contributed by atoms with van der Waals surface area (Å²) in [6, 6.07) is 3.83. The van der Waals surface area contributed by atoms with Gasteiger partial charge in [-0.3, -0.25) is 5.41 Å². The summed E-state index contributed by atoms with van der Waals surface area (Å²) in [7, 11) is -3.44. The molecule has 12 heteroatoms. The Balaban J connectivity index is 2.27. The molecule has 2 aromatic rings. The molecule has 1 fully saturated rings. The molecule has 2 aromatic carbocycles. The van der Waals surface area contributed by atoms with Crippen LogP contribution in [-0.2, 0) is 21.7 Å². The number of benzene rings is 2. The number of rotatable bonds is 2. The molecule has 1 aliphatic heterocycles. The van der Waals surface area contributed by atoms with Crippen LogP contribution in [0.1, 0.15) is 28.9 Å². The van der Waals surface area contributed by atoms with E-state index in [9.17, 15) is 34.8 Å². The maximum Gasteiger partial charge on any atom is 0.416 e. The number of hydrogen-bond donors (Lipinski definition) is 2. The van der Waals surface area contributed by atoms with Gasteiger partial charge in [0.2, 0.25) is 16.0 Å². The number of guanidine groups is 1. The predicted molar refractivity (Wildman–Crippen MR) is 95.4 cm³/mol. The van der Waals surface area contributed by atoms with Crippen LogP contribution in [0.2, 0.25) is 0 Å². The summed E-state index contributed by atoms with van der Waals surface area (Å²) in [5.41, 5.74) is -3.84. The minimum Gasteiger partial charge on any atom is -0.345 e. The van der Waals surface area contributed by atoms with Crippen molar-refractivity contribution in [1.29, 1.82) is 5.41 Å². The Labute approximate surface area is 167 Å². The minimum absolute atomic E-state index is 0.165. The molecule has 0 bridgehead atoms. The minimum atomic E-state index is -4.67. The summed E-state index contributed by atoms with van der Waals surface area (Å²) in [5.74, 6) is -4.92. The van der Waals surface area contributed by atoms with Crippen LogP contribution in [-0.4, -0.2) is 25.7 Å². The van der Waals surface area contributed by atoms with Gasteiger partial charge in [-0.25, -0.2) is 25.9 Å². The summed E-state index contributed by atoms with van der Waals surface area (Å²) >= 11 is 0. The van der Waals surface area contributed by atoms with E-state index in [4.69, 9.17) is 5.41 Å². The van der Waals surface area contributed by atoms with Gasteiger partial charge in [-0.05, 0) is 30.7 Å². The highest BCUT2D eigenvalue weighted by atomic mass is 32.2. The average Bonchev–Trinajstić information content (AvgIpc) is 2.62. The smallest absolute Gasteiger partial charge is 0.345 e. The number of hydrogen-bond acceptors (Lipinski definition) is 3. The van der Waals surface area contributed by atoms with Crippen LogP contribution >= 0.6 is 0 Å². The first-order valence-corrected chi connectivity index (χ1v) is 9.86. The Bertz CT molecular complexity index is 1120. The molecule has 0 radical (unpaired) electrons. The molecular formula is C18H15F6N3O2S. The Morgan fingerprint density at radius 3 is 2.10 bits per heavy atom. The van der Waals surface area contributed by atoms with E-state index in [1.807, 2.05) is 0 Å². The van der Waals surface area contributed by atoms with Crippen molar-refractivity contribution >= 4 is 16.0 Å². The molecule has 2 atom stereocenters. The highest BCUT2D eigenvalue weighted by Gasteiger charge is 2.53. The SMILES string of the molecule is CN1C(=N)N[C@](C)(c2cc(F)c(F)cc2F)[C@@H](c2ccc(C(F)(F)F)cc2)S1(=O)=O. The summed E-state index contributed by atoms with van der Waals surface area (Å²) in [6.45, 7) is 1.14. The van der Waals surface area contributed by atoms with Gasteiger partial charge >= 0.3 is 6.18 Å². The molecule has 0 amide bonds. The number of nitrogens with one attached hydrogen (secondary N) is 2. The molecule has 1 heterocycles. The lowest BCUT2D eigenvalue weighted by molar-refractivity contribution is -0.137. The quantitative estimate of drug-likeness (QED) is 0.538. The van der Waals surface area contributed by atoms with Crippen LogP contribution in [0.15, 0.2) is 36.4 Å². The number of sulfonamides is 1. The molecule has 0 spiro atoms. The monoisotopic (exact) mass is 451 g/mol. The third-order valence-corrected chi connectivity index (χ3v) is 7.29. The summed E-state index contributed by atoms with van der Waals surface area (Å²) < 4.78 is 107. The van der Waals surface area contributed by atoms with E-state index >= 15 is 0 Å². The lowest BCUT2D eigenvalue weighted by Gasteiger charge is -2.46. The second kappa shape index (κ2) is 6.89. The van der Waals surface area contributed by atoms with E-state index in [0.29, 0.717) is 22.5 Å². The van der Waals surface area contributed by atoms with Crippen molar-refractivity contribution in [3.05, 3.63) is 70.5 Å². The van der Waals surface area contributed by atoms with E-state index in [0.717, 1.165) is 26.1 Å². The largest absolute Gasteiger partial charge is 0.416 e. The van der Waals surface area contributed by atoms with Crippen LogP contribution in [0.3, 0.4) is 0 Å². The van der Waals surface area contributed by atoms with Crippen LogP contribution < -0.4 is 5.32 Å².